The molecule has 0 unspecified atom stereocenters. The van der Waals surface area contributed by atoms with Crippen LogP contribution < -0.4 is 5.73 Å². The molecule has 15 heavy (non-hydrogen) atoms. The predicted octanol–water partition coefficient (Wildman–Crippen LogP) is 0.394. The fraction of sp³-hybridized carbons (Fsp3) is 0.111. The van der Waals surface area contributed by atoms with Crippen LogP contribution in [0.15, 0.2) is 18.5 Å². The number of aromatic nitrogens is 3. The van der Waals surface area contributed by atoms with Crippen molar-refractivity contribution < 1.29 is 9.53 Å². The van der Waals surface area contributed by atoms with E-state index in [1.165, 1.54) is 19.5 Å². The Bertz CT molecular complexity index is 527. The number of anilines is 1. The van der Waals surface area contributed by atoms with Crippen molar-refractivity contribution in [3.05, 3.63) is 24.0 Å². The van der Waals surface area contributed by atoms with Crippen LogP contribution in [0.5, 0.6) is 0 Å². The highest BCUT2D eigenvalue weighted by atomic mass is 16.5. The van der Waals surface area contributed by atoms with E-state index >= 15 is 0 Å². The van der Waals surface area contributed by atoms with Crippen LogP contribution in [0.3, 0.4) is 0 Å². The molecule has 2 heterocycles. The Balaban J connectivity index is 2.71. The molecule has 76 valence electrons. The minimum absolute atomic E-state index is 0.122. The highest BCUT2D eigenvalue weighted by molar-refractivity contribution is 6.02. The van der Waals surface area contributed by atoms with Crippen LogP contribution in [0, 0.1) is 0 Å². The lowest BCUT2D eigenvalue weighted by atomic mass is 10.2. The molecule has 6 nitrogen and oxygen atoms in total. The summed E-state index contributed by atoms with van der Waals surface area (Å²) in [5.74, 6) is -0.326. The van der Waals surface area contributed by atoms with Crippen molar-refractivity contribution in [1.82, 2.24) is 15.0 Å². The molecule has 0 aromatic carbocycles. The lowest BCUT2D eigenvalue weighted by Gasteiger charge is -2.02. The largest absolute Gasteiger partial charge is 0.465 e. The van der Waals surface area contributed by atoms with Gasteiger partial charge in [0.15, 0.2) is 5.65 Å². The van der Waals surface area contributed by atoms with E-state index in [1.54, 1.807) is 6.07 Å². The first-order valence-corrected chi connectivity index (χ1v) is 4.18. The maximum Gasteiger partial charge on any atom is 0.338 e. The summed E-state index contributed by atoms with van der Waals surface area (Å²) in [6, 6.07) is 1.55. The van der Waals surface area contributed by atoms with E-state index in [0.717, 1.165) is 0 Å². The van der Waals surface area contributed by atoms with Gasteiger partial charge in [0, 0.05) is 12.4 Å². The summed E-state index contributed by atoms with van der Waals surface area (Å²) in [5.41, 5.74) is 6.16. The lowest BCUT2D eigenvalue weighted by molar-refractivity contribution is 0.0603. The highest BCUT2D eigenvalue weighted by Gasteiger charge is 2.11. The number of nitrogens with two attached hydrogens (primary N) is 1. The third-order valence-electron chi connectivity index (χ3n) is 1.92. The Morgan fingerprint density at radius 3 is 3.00 bits per heavy atom. The van der Waals surface area contributed by atoms with Gasteiger partial charge in [0.25, 0.3) is 0 Å². The first-order chi connectivity index (χ1) is 7.22. The van der Waals surface area contributed by atoms with Gasteiger partial charge >= 0.3 is 5.97 Å². The topological polar surface area (TPSA) is 91.0 Å². The zero-order chi connectivity index (χ0) is 10.8. The molecule has 2 aromatic heterocycles. The molecular weight excluding hydrogens is 196 g/mol. The second-order valence-corrected chi connectivity index (χ2v) is 2.82. The van der Waals surface area contributed by atoms with E-state index in [2.05, 4.69) is 19.7 Å². The Kier molecular flexibility index (Phi) is 2.17. The van der Waals surface area contributed by atoms with E-state index in [1.807, 2.05) is 0 Å². The van der Waals surface area contributed by atoms with Gasteiger partial charge < -0.3 is 10.5 Å². The van der Waals surface area contributed by atoms with E-state index in [0.29, 0.717) is 16.6 Å². The molecule has 0 aliphatic carbocycles. The number of nitrogens with zero attached hydrogens (tertiary/aromatic N) is 3. The molecule has 2 aromatic rings. The van der Waals surface area contributed by atoms with Crippen LogP contribution in [0.2, 0.25) is 0 Å². The number of hydrogen-bond acceptors (Lipinski definition) is 6. The Morgan fingerprint density at radius 1 is 1.47 bits per heavy atom. The number of esters is 1. The molecule has 0 aliphatic rings. The number of nitrogen functional groups attached to an aromatic ring is 1. The molecular formula is C9H8N4O2. The molecule has 2 N–H and O–H groups in total. The van der Waals surface area contributed by atoms with Crippen molar-refractivity contribution in [2.24, 2.45) is 0 Å². The predicted molar refractivity (Wildman–Crippen MR) is 53.1 cm³/mol. The van der Waals surface area contributed by atoms with Gasteiger partial charge in [-0.1, -0.05) is 0 Å². The third-order valence-corrected chi connectivity index (χ3v) is 1.92. The number of carbonyl (C=O) groups is 1. The summed E-state index contributed by atoms with van der Waals surface area (Å²) in [5, 5.41) is 0.526. The van der Waals surface area contributed by atoms with Crippen molar-refractivity contribution >= 4 is 23.0 Å². The molecule has 0 amide bonds. The maximum atomic E-state index is 11.4. The van der Waals surface area contributed by atoms with E-state index in [-0.39, 0.29) is 5.95 Å². The highest BCUT2D eigenvalue weighted by Crippen LogP contribution is 2.15. The first-order valence-electron chi connectivity index (χ1n) is 4.18. The van der Waals surface area contributed by atoms with Crippen LogP contribution in [-0.2, 0) is 4.74 Å². The second kappa shape index (κ2) is 3.49. The van der Waals surface area contributed by atoms with E-state index in [4.69, 9.17) is 5.73 Å². The van der Waals surface area contributed by atoms with Crippen LogP contribution in [0.25, 0.3) is 11.0 Å². The summed E-state index contributed by atoms with van der Waals surface area (Å²) >= 11 is 0. The summed E-state index contributed by atoms with van der Waals surface area (Å²) in [6.07, 6.45) is 2.93. The van der Waals surface area contributed by atoms with Crippen molar-refractivity contribution in [3.8, 4) is 0 Å². The number of rotatable bonds is 1. The third kappa shape index (κ3) is 1.56. The minimum Gasteiger partial charge on any atom is -0.465 e. The fourth-order valence-corrected chi connectivity index (χ4v) is 1.23. The SMILES string of the molecule is COC(=O)c1ccnc2nc(N)ncc12. The van der Waals surface area contributed by atoms with Crippen LogP contribution in [0.1, 0.15) is 10.4 Å². The van der Waals surface area contributed by atoms with Crippen molar-refractivity contribution in [2.45, 2.75) is 0 Å². The van der Waals surface area contributed by atoms with Gasteiger partial charge in [0.1, 0.15) is 0 Å². The number of hydrogen-bond donors (Lipinski definition) is 1. The second-order valence-electron chi connectivity index (χ2n) is 2.82. The number of ether oxygens (including phenoxy) is 1. The molecule has 0 saturated heterocycles. The van der Waals surface area contributed by atoms with Gasteiger partial charge in [-0.2, -0.15) is 4.98 Å². The van der Waals surface area contributed by atoms with Crippen molar-refractivity contribution in [1.29, 1.82) is 0 Å². The summed E-state index contributed by atoms with van der Waals surface area (Å²) in [7, 11) is 1.31. The molecule has 0 aliphatic heterocycles. The molecule has 0 fully saturated rings. The smallest absolute Gasteiger partial charge is 0.338 e. The molecule has 0 atom stereocenters. The van der Waals surface area contributed by atoms with Crippen molar-refractivity contribution in [3.63, 3.8) is 0 Å². The molecule has 0 spiro atoms. The summed E-state index contributed by atoms with van der Waals surface area (Å²) in [6.45, 7) is 0. The fourth-order valence-electron chi connectivity index (χ4n) is 1.23. The van der Waals surface area contributed by atoms with E-state index < -0.39 is 5.97 Å². The summed E-state index contributed by atoms with van der Waals surface area (Å²) < 4.78 is 4.62. The molecule has 0 radical (unpaired) electrons. The average Bonchev–Trinajstić information content (AvgIpc) is 2.26. The van der Waals surface area contributed by atoms with Gasteiger partial charge in [0.05, 0.1) is 18.1 Å². The van der Waals surface area contributed by atoms with Gasteiger partial charge in [-0.25, -0.2) is 14.8 Å². The van der Waals surface area contributed by atoms with Gasteiger partial charge in [-0.15, -0.1) is 0 Å². The Morgan fingerprint density at radius 2 is 2.27 bits per heavy atom. The minimum atomic E-state index is -0.448. The zero-order valence-electron chi connectivity index (χ0n) is 7.97. The quantitative estimate of drug-likeness (QED) is 0.676. The molecule has 0 bridgehead atoms. The van der Waals surface area contributed by atoms with Gasteiger partial charge in [0.2, 0.25) is 5.95 Å². The number of carbonyl (C=O) groups excluding carboxylic acids is 1. The number of pyridine rings is 1. The van der Waals surface area contributed by atoms with E-state index in [9.17, 15) is 4.79 Å². The van der Waals surface area contributed by atoms with Crippen LogP contribution >= 0.6 is 0 Å². The molecule has 0 saturated carbocycles. The maximum absolute atomic E-state index is 11.4. The molecule has 6 heteroatoms. The zero-order valence-corrected chi connectivity index (χ0v) is 7.97. The first kappa shape index (κ1) is 9.32. The van der Waals surface area contributed by atoms with Crippen LogP contribution in [-0.4, -0.2) is 28.0 Å². The number of methoxy groups -OCH3 is 1. The standard InChI is InChI=1S/C9H8N4O2/c1-15-8(14)5-2-3-11-7-6(5)4-12-9(10)13-7/h2-4H,1H3,(H2,10,11,12,13). The van der Waals surface area contributed by atoms with Gasteiger partial charge in [-0.05, 0) is 6.07 Å². The van der Waals surface area contributed by atoms with Gasteiger partial charge in [-0.3, -0.25) is 0 Å². The van der Waals surface area contributed by atoms with Crippen molar-refractivity contribution in [2.75, 3.05) is 12.8 Å². The average molecular weight is 204 g/mol. The lowest BCUT2D eigenvalue weighted by Crippen LogP contribution is -2.04. The Hall–Kier alpha value is -2.24. The summed E-state index contributed by atoms with van der Waals surface area (Å²) in [4.78, 5) is 23.1. The van der Waals surface area contributed by atoms with Crippen LogP contribution in [0.4, 0.5) is 5.95 Å². The Labute approximate surface area is 85.1 Å². The molecule has 2 rings (SSSR count). The normalized spacial score (nSPS) is 10.2. The number of fused-ring (bicyclic) bond motifs is 1. The monoisotopic (exact) mass is 204 g/mol.